The molecule has 0 radical (unpaired) electrons. The lowest BCUT2D eigenvalue weighted by Gasteiger charge is -2.17. The minimum Gasteiger partial charge on any atom is -0.495 e. The van der Waals surface area contributed by atoms with Crippen LogP contribution < -0.4 is 9.46 Å². The highest BCUT2D eigenvalue weighted by Crippen LogP contribution is 2.28. The number of methoxy groups -OCH3 is 1. The molecule has 0 atom stereocenters. The third kappa shape index (κ3) is 3.10. The Labute approximate surface area is 103 Å². The van der Waals surface area contributed by atoms with Gasteiger partial charge in [-0.3, -0.25) is 4.72 Å². The normalized spacial score (nSPS) is 11.6. The van der Waals surface area contributed by atoms with Gasteiger partial charge in [0.05, 0.1) is 12.8 Å². The first kappa shape index (κ1) is 13.8. The van der Waals surface area contributed by atoms with Crippen molar-refractivity contribution in [3.8, 4) is 5.75 Å². The van der Waals surface area contributed by atoms with E-state index in [1.807, 2.05) is 19.9 Å². The van der Waals surface area contributed by atoms with Crippen molar-refractivity contribution in [2.24, 2.45) is 0 Å². The van der Waals surface area contributed by atoms with E-state index in [2.05, 4.69) is 4.72 Å². The fraction of sp³-hybridized carbons (Fsp3) is 0.455. The lowest BCUT2D eigenvalue weighted by atomic mass is 10.1. The molecule has 0 saturated heterocycles. The van der Waals surface area contributed by atoms with E-state index in [-0.39, 0.29) is 0 Å². The van der Waals surface area contributed by atoms with Gasteiger partial charge in [0.15, 0.2) is 0 Å². The Hall–Kier alpha value is -1.27. The number of hydrogen-bond donors (Lipinski definition) is 1. The lowest BCUT2D eigenvalue weighted by Crippen LogP contribution is -2.29. The summed E-state index contributed by atoms with van der Waals surface area (Å²) < 4.78 is 32.2. The molecule has 0 aliphatic rings. The smallest absolute Gasteiger partial charge is 0.301 e. The Morgan fingerprint density at radius 2 is 1.71 bits per heavy atom. The topological polar surface area (TPSA) is 58.6 Å². The molecule has 0 bridgehead atoms. The number of aryl methyl sites for hydroxylation is 2. The molecule has 0 saturated carbocycles. The number of nitrogens with one attached hydrogen (secondary N) is 1. The highest BCUT2D eigenvalue weighted by molar-refractivity contribution is 7.90. The molecule has 6 heteroatoms. The van der Waals surface area contributed by atoms with Crippen LogP contribution in [0.15, 0.2) is 12.1 Å². The van der Waals surface area contributed by atoms with Gasteiger partial charge in [0, 0.05) is 14.1 Å². The molecule has 0 aliphatic carbocycles. The second-order valence-corrected chi connectivity index (χ2v) is 5.91. The van der Waals surface area contributed by atoms with Crippen LogP contribution in [0.25, 0.3) is 0 Å². The molecule has 17 heavy (non-hydrogen) atoms. The zero-order chi connectivity index (χ0) is 13.2. The molecule has 0 amide bonds. The molecule has 1 aromatic rings. The standard InChI is InChI=1S/C11H18N2O3S/c1-8-6-10(11(16-5)7-9(8)2)12-17(14,15)13(3)4/h6-7,12H,1-5H3. The quantitative estimate of drug-likeness (QED) is 0.891. The molecule has 0 unspecified atom stereocenters. The van der Waals surface area contributed by atoms with Gasteiger partial charge in [0.1, 0.15) is 5.75 Å². The van der Waals surface area contributed by atoms with Crippen molar-refractivity contribution in [3.05, 3.63) is 23.3 Å². The van der Waals surface area contributed by atoms with Crippen LogP contribution in [0.4, 0.5) is 5.69 Å². The monoisotopic (exact) mass is 258 g/mol. The Kier molecular flexibility index (Phi) is 4.00. The van der Waals surface area contributed by atoms with Gasteiger partial charge >= 0.3 is 10.2 Å². The molecule has 5 nitrogen and oxygen atoms in total. The molecule has 1 N–H and O–H groups in total. The Bertz CT molecular complexity index is 510. The van der Waals surface area contributed by atoms with Gasteiger partial charge in [-0.1, -0.05) is 0 Å². The highest BCUT2D eigenvalue weighted by Gasteiger charge is 2.16. The van der Waals surface area contributed by atoms with Crippen LogP contribution in [0, 0.1) is 13.8 Å². The van der Waals surface area contributed by atoms with Gasteiger partial charge < -0.3 is 4.74 Å². The maximum atomic E-state index is 11.7. The predicted octanol–water partition coefficient (Wildman–Crippen LogP) is 1.53. The van der Waals surface area contributed by atoms with Crippen LogP contribution in [-0.4, -0.2) is 33.9 Å². The number of benzene rings is 1. The molecular weight excluding hydrogens is 240 g/mol. The van der Waals surface area contributed by atoms with Crippen LogP contribution >= 0.6 is 0 Å². The summed E-state index contributed by atoms with van der Waals surface area (Å²) in [5.74, 6) is 0.513. The van der Waals surface area contributed by atoms with Crippen LogP contribution in [0.5, 0.6) is 5.75 Å². The summed E-state index contributed by atoms with van der Waals surface area (Å²) in [7, 11) is 0.938. The van der Waals surface area contributed by atoms with Crippen molar-refractivity contribution < 1.29 is 13.2 Å². The maximum Gasteiger partial charge on any atom is 0.301 e. The first-order valence-electron chi connectivity index (χ1n) is 5.13. The van der Waals surface area contributed by atoms with Crippen molar-refractivity contribution in [2.45, 2.75) is 13.8 Å². The summed E-state index contributed by atoms with van der Waals surface area (Å²) in [4.78, 5) is 0. The first-order chi connectivity index (χ1) is 7.77. The molecular formula is C11H18N2O3S. The van der Waals surface area contributed by atoms with Crippen LogP contribution in [-0.2, 0) is 10.2 Å². The van der Waals surface area contributed by atoms with Crippen LogP contribution in [0.3, 0.4) is 0 Å². The Morgan fingerprint density at radius 3 is 2.18 bits per heavy atom. The lowest BCUT2D eigenvalue weighted by molar-refractivity contribution is 0.416. The number of hydrogen-bond acceptors (Lipinski definition) is 3. The first-order valence-corrected chi connectivity index (χ1v) is 6.57. The molecule has 0 fully saturated rings. The third-order valence-corrected chi connectivity index (χ3v) is 3.97. The molecule has 0 aromatic heterocycles. The molecule has 1 rings (SSSR count). The summed E-state index contributed by atoms with van der Waals surface area (Å²) in [6.45, 7) is 3.87. The Morgan fingerprint density at radius 1 is 1.18 bits per heavy atom. The summed E-state index contributed by atoms with van der Waals surface area (Å²) >= 11 is 0. The van der Waals surface area contributed by atoms with Crippen LogP contribution in [0.2, 0.25) is 0 Å². The minimum atomic E-state index is -3.51. The molecule has 0 aliphatic heterocycles. The van der Waals surface area contributed by atoms with E-state index in [0.717, 1.165) is 15.4 Å². The molecule has 96 valence electrons. The molecule has 0 spiro atoms. The van der Waals surface area contributed by atoms with Gasteiger partial charge in [0.2, 0.25) is 0 Å². The van der Waals surface area contributed by atoms with Gasteiger partial charge in [-0.25, -0.2) is 0 Å². The fourth-order valence-electron chi connectivity index (χ4n) is 1.27. The summed E-state index contributed by atoms with van der Waals surface area (Å²) in [5.41, 5.74) is 2.50. The number of ether oxygens (including phenoxy) is 1. The average Bonchev–Trinajstić information content (AvgIpc) is 2.22. The van der Waals surface area contributed by atoms with Gasteiger partial charge in [-0.2, -0.15) is 12.7 Å². The second-order valence-electron chi connectivity index (χ2n) is 4.03. The SMILES string of the molecule is COc1cc(C)c(C)cc1NS(=O)(=O)N(C)C. The van der Waals surface area contributed by atoms with Gasteiger partial charge in [0.25, 0.3) is 0 Å². The van der Waals surface area contributed by atoms with Crippen molar-refractivity contribution in [1.82, 2.24) is 4.31 Å². The van der Waals surface area contributed by atoms with E-state index in [1.165, 1.54) is 21.2 Å². The van der Waals surface area contributed by atoms with Gasteiger partial charge in [-0.05, 0) is 37.1 Å². The molecule has 1 aromatic carbocycles. The summed E-state index contributed by atoms with van der Waals surface area (Å²) in [6.07, 6.45) is 0. The fourth-order valence-corrected chi connectivity index (χ4v) is 1.89. The van der Waals surface area contributed by atoms with E-state index in [4.69, 9.17) is 4.74 Å². The number of anilines is 1. The third-order valence-electron chi connectivity index (χ3n) is 2.54. The summed E-state index contributed by atoms with van der Waals surface area (Å²) in [5, 5.41) is 0. The summed E-state index contributed by atoms with van der Waals surface area (Å²) in [6, 6.07) is 3.57. The number of nitrogens with zero attached hydrogens (tertiary/aromatic N) is 1. The van der Waals surface area contributed by atoms with Crippen molar-refractivity contribution in [1.29, 1.82) is 0 Å². The number of rotatable bonds is 4. The van der Waals surface area contributed by atoms with E-state index < -0.39 is 10.2 Å². The van der Waals surface area contributed by atoms with Crippen molar-refractivity contribution in [3.63, 3.8) is 0 Å². The predicted molar refractivity (Wildman–Crippen MR) is 68.7 cm³/mol. The zero-order valence-corrected chi connectivity index (χ0v) is 11.6. The minimum absolute atomic E-state index is 0.448. The average molecular weight is 258 g/mol. The highest BCUT2D eigenvalue weighted by atomic mass is 32.2. The van der Waals surface area contributed by atoms with E-state index >= 15 is 0 Å². The van der Waals surface area contributed by atoms with E-state index in [0.29, 0.717) is 11.4 Å². The van der Waals surface area contributed by atoms with Gasteiger partial charge in [-0.15, -0.1) is 0 Å². The molecule has 0 heterocycles. The largest absolute Gasteiger partial charge is 0.495 e. The van der Waals surface area contributed by atoms with Crippen molar-refractivity contribution in [2.75, 3.05) is 25.9 Å². The maximum absolute atomic E-state index is 11.7. The van der Waals surface area contributed by atoms with E-state index in [1.54, 1.807) is 6.07 Å². The second kappa shape index (κ2) is 4.93. The van der Waals surface area contributed by atoms with E-state index in [9.17, 15) is 8.42 Å². The van der Waals surface area contributed by atoms with Crippen molar-refractivity contribution >= 4 is 15.9 Å². The zero-order valence-electron chi connectivity index (χ0n) is 10.7. The Balaban J connectivity index is 3.19. The van der Waals surface area contributed by atoms with Crippen LogP contribution in [0.1, 0.15) is 11.1 Å².